The van der Waals surface area contributed by atoms with E-state index in [1.165, 1.54) is 6.42 Å². The third-order valence-electron chi connectivity index (χ3n) is 3.65. The molecule has 17 heavy (non-hydrogen) atoms. The van der Waals surface area contributed by atoms with Crippen LogP contribution < -0.4 is 5.32 Å². The van der Waals surface area contributed by atoms with Gasteiger partial charge in [-0.3, -0.25) is 0 Å². The molecule has 0 aliphatic carbocycles. The number of hydrogen-bond acceptors (Lipinski definition) is 3. The molecule has 1 aliphatic heterocycles. The van der Waals surface area contributed by atoms with Crippen molar-refractivity contribution in [1.29, 1.82) is 5.26 Å². The maximum Gasteiger partial charge on any atom is 0.0683 e. The minimum atomic E-state index is -0.159. The molecule has 2 atom stereocenters. The van der Waals surface area contributed by atoms with Crippen molar-refractivity contribution in [2.24, 2.45) is 11.3 Å². The predicted octanol–water partition coefficient (Wildman–Crippen LogP) is 2.72. The Kier molecular flexibility index (Phi) is 5.94. The van der Waals surface area contributed by atoms with Gasteiger partial charge in [0, 0.05) is 13.2 Å². The normalized spacial score (nSPS) is 24.8. The van der Waals surface area contributed by atoms with E-state index in [1.807, 2.05) is 13.8 Å². The summed E-state index contributed by atoms with van der Waals surface area (Å²) < 4.78 is 5.53. The Hall–Kier alpha value is -0.590. The van der Waals surface area contributed by atoms with Crippen LogP contribution in [0.3, 0.4) is 0 Å². The second-order valence-electron chi connectivity index (χ2n) is 5.78. The maximum absolute atomic E-state index is 8.89. The number of rotatable bonds is 7. The molecule has 1 saturated heterocycles. The van der Waals surface area contributed by atoms with Gasteiger partial charge in [0.15, 0.2) is 0 Å². The van der Waals surface area contributed by atoms with Gasteiger partial charge in [-0.2, -0.15) is 5.26 Å². The Balaban J connectivity index is 1.96. The van der Waals surface area contributed by atoms with Gasteiger partial charge in [-0.15, -0.1) is 0 Å². The first kappa shape index (κ1) is 14.5. The van der Waals surface area contributed by atoms with Crippen LogP contribution in [-0.4, -0.2) is 25.8 Å². The molecule has 1 N–H and O–H groups in total. The van der Waals surface area contributed by atoms with Gasteiger partial charge in [0.2, 0.25) is 0 Å². The Morgan fingerprint density at radius 2 is 2.18 bits per heavy atom. The van der Waals surface area contributed by atoms with Crippen molar-refractivity contribution in [1.82, 2.24) is 5.32 Å². The number of hydrogen-bond donors (Lipinski definition) is 1. The zero-order valence-electron chi connectivity index (χ0n) is 11.5. The molecule has 98 valence electrons. The molecular formula is C14H26N2O. The van der Waals surface area contributed by atoms with Gasteiger partial charge in [0.05, 0.1) is 17.6 Å². The summed E-state index contributed by atoms with van der Waals surface area (Å²) in [7, 11) is 0. The van der Waals surface area contributed by atoms with Gasteiger partial charge < -0.3 is 10.1 Å². The summed E-state index contributed by atoms with van der Waals surface area (Å²) in [5, 5.41) is 12.4. The van der Waals surface area contributed by atoms with Crippen molar-refractivity contribution in [3.05, 3.63) is 0 Å². The second-order valence-corrected chi connectivity index (χ2v) is 5.78. The van der Waals surface area contributed by atoms with Crippen LogP contribution in [0.2, 0.25) is 0 Å². The van der Waals surface area contributed by atoms with Gasteiger partial charge in [0.25, 0.3) is 0 Å². The zero-order valence-corrected chi connectivity index (χ0v) is 11.5. The third kappa shape index (κ3) is 5.52. The highest BCUT2D eigenvalue weighted by molar-refractivity contribution is 4.91. The topological polar surface area (TPSA) is 45.0 Å². The standard InChI is InChI=1S/C14H26N2O/c1-12-13(6-9-17-12)10-16-8-5-4-7-14(2,3)11-15/h12-13,16H,4-10H2,1-3H3. The quantitative estimate of drug-likeness (QED) is 0.694. The van der Waals surface area contributed by atoms with Crippen molar-refractivity contribution >= 4 is 0 Å². The maximum atomic E-state index is 8.89. The van der Waals surface area contributed by atoms with Crippen LogP contribution in [0.4, 0.5) is 0 Å². The molecule has 0 aromatic rings. The van der Waals surface area contributed by atoms with Gasteiger partial charge in [-0.05, 0) is 52.5 Å². The fourth-order valence-corrected chi connectivity index (χ4v) is 2.20. The number of nitrogens with zero attached hydrogens (tertiary/aromatic N) is 1. The largest absolute Gasteiger partial charge is 0.378 e. The van der Waals surface area contributed by atoms with Crippen molar-refractivity contribution < 1.29 is 4.74 Å². The van der Waals surface area contributed by atoms with E-state index in [2.05, 4.69) is 18.3 Å². The lowest BCUT2D eigenvalue weighted by Gasteiger charge is -2.16. The molecule has 0 spiro atoms. The summed E-state index contributed by atoms with van der Waals surface area (Å²) in [5.41, 5.74) is -0.159. The van der Waals surface area contributed by atoms with Gasteiger partial charge >= 0.3 is 0 Å². The monoisotopic (exact) mass is 238 g/mol. The first-order valence-corrected chi connectivity index (χ1v) is 6.79. The number of nitriles is 1. The summed E-state index contributed by atoms with van der Waals surface area (Å²) in [4.78, 5) is 0. The average molecular weight is 238 g/mol. The summed E-state index contributed by atoms with van der Waals surface area (Å²) >= 11 is 0. The van der Waals surface area contributed by atoms with E-state index < -0.39 is 0 Å². The zero-order chi connectivity index (χ0) is 12.7. The van der Waals surface area contributed by atoms with Crippen molar-refractivity contribution in [2.75, 3.05) is 19.7 Å². The van der Waals surface area contributed by atoms with E-state index in [4.69, 9.17) is 10.00 Å². The van der Waals surface area contributed by atoms with E-state index in [0.717, 1.165) is 39.0 Å². The molecule has 0 bridgehead atoms. The summed E-state index contributed by atoms with van der Waals surface area (Å²) in [6.45, 7) is 9.24. The highest BCUT2D eigenvalue weighted by Gasteiger charge is 2.23. The smallest absolute Gasteiger partial charge is 0.0683 e. The van der Waals surface area contributed by atoms with Crippen molar-refractivity contribution in [3.63, 3.8) is 0 Å². The Labute approximate surface area is 106 Å². The van der Waals surface area contributed by atoms with E-state index in [0.29, 0.717) is 12.0 Å². The minimum absolute atomic E-state index is 0.159. The fraction of sp³-hybridized carbons (Fsp3) is 0.929. The molecule has 2 unspecified atom stereocenters. The number of ether oxygens (including phenoxy) is 1. The van der Waals surface area contributed by atoms with Crippen LogP contribution in [0, 0.1) is 22.7 Å². The summed E-state index contributed by atoms with van der Waals surface area (Å²) in [6.07, 6.45) is 4.89. The molecular weight excluding hydrogens is 212 g/mol. The van der Waals surface area contributed by atoms with Gasteiger partial charge in [-0.25, -0.2) is 0 Å². The lowest BCUT2D eigenvalue weighted by atomic mass is 9.89. The molecule has 1 heterocycles. The molecule has 0 saturated carbocycles. The molecule has 3 nitrogen and oxygen atoms in total. The molecule has 0 aromatic carbocycles. The SMILES string of the molecule is CC1OCCC1CNCCCCC(C)(C)C#N. The lowest BCUT2D eigenvalue weighted by Crippen LogP contribution is -2.27. The highest BCUT2D eigenvalue weighted by Crippen LogP contribution is 2.21. The second kappa shape index (κ2) is 6.98. The molecule has 1 fully saturated rings. The lowest BCUT2D eigenvalue weighted by molar-refractivity contribution is 0.105. The van der Waals surface area contributed by atoms with Crippen LogP contribution in [0.25, 0.3) is 0 Å². The van der Waals surface area contributed by atoms with E-state index in [9.17, 15) is 0 Å². The van der Waals surface area contributed by atoms with E-state index >= 15 is 0 Å². The molecule has 0 radical (unpaired) electrons. The fourth-order valence-electron chi connectivity index (χ4n) is 2.20. The Bertz CT molecular complexity index is 257. The van der Waals surface area contributed by atoms with Crippen LogP contribution in [0.1, 0.15) is 46.5 Å². The summed E-state index contributed by atoms with van der Waals surface area (Å²) in [5.74, 6) is 0.686. The third-order valence-corrected chi connectivity index (χ3v) is 3.65. The van der Waals surface area contributed by atoms with Crippen molar-refractivity contribution in [2.45, 2.75) is 52.6 Å². The van der Waals surface area contributed by atoms with E-state index in [1.54, 1.807) is 0 Å². The minimum Gasteiger partial charge on any atom is -0.378 e. The van der Waals surface area contributed by atoms with Crippen molar-refractivity contribution in [3.8, 4) is 6.07 Å². The molecule has 1 aliphatic rings. The Morgan fingerprint density at radius 3 is 2.76 bits per heavy atom. The Morgan fingerprint density at radius 1 is 1.41 bits per heavy atom. The molecule has 0 amide bonds. The highest BCUT2D eigenvalue weighted by atomic mass is 16.5. The van der Waals surface area contributed by atoms with Gasteiger partial charge in [0.1, 0.15) is 0 Å². The van der Waals surface area contributed by atoms with Crippen LogP contribution >= 0.6 is 0 Å². The van der Waals surface area contributed by atoms with Crippen LogP contribution in [0.15, 0.2) is 0 Å². The molecule has 3 heteroatoms. The molecule has 0 aromatic heterocycles. The van der Waals surface area contributed by atoms with Crippen LogP contribution in [-0.2, 0) is 4.74 Å². The van der Waals surface area contributed by atoms with E-state index in [-0.39, 0.29) is 5.41 Å². The first-order valence-electron chi connectivity index (χ1n) is 6.79. The predicted molar refractivity (Wildman–Crippen MR) is 69.6 cm³/mol. The molecule has 1 rings (SSSR count). The van der Waals surface area contributed by atoms with Gasteiger partial charge in [-0.1, -0.05) is 6.42 Å². The number of unbranched alkanes of at least 4 members (excludes halogenated alkanes) is 1. The van der Waals surface area contributed by atoms with Crippen LogP contribution in [0.5, 0.6) is 0 Å². The summed E-state index contributed by atoms with van der Waals surface area (Å²) in [6, 6.07) is 2.35. The number of nitrogens with one attached hydrogen (secondary N) is 1. The first-order chi connectivity index (χ1) is 8.05. The average Bonchev–Trinajstić information content (AvgIpc) is 2.69.